The Morgan fingerprint density at radius 3 is 2.58 bits per heavy atom. The zero-order valence-corrected chi connectivity index (χ0v) is 14.2. The summed E-state index contributed by atoms with van der Waals surface area (Å²) in [5.41, 5.74) is 2.55. The summed E-state index contributed by atoms with van der Waals surface area (Å²) < 4.78 is 0. The number of hydrogen-bond donors (Lipinski definition) is 2. The first-order valence-corrected chi connectivity index (χ1v) is 8.43. The lowest BCUT2D eigenvalue weighted by molar-refractivity contribution is 0.251. The van der Waals surface area contributed by atoms with E-state index in [0.717, 1.165) is 16.4 Å². The Morgan fingerprint density at radius 2 is 1.96 bits per heavy atom. The van der Waals surface area contributed by atoms with E-state index in [0.29, 0.717) is 12.2 Å². The van der Waals surface area contributed by atoms with Crippen LogP contribution >= 0.6 is 11.3 Å². The molecular formula is C16H18N6OS. The summed E-state index contributed by atoms with van der Waals surface area (Å²) in [5.74, 6) is 0.183. The summed E-state index contributed by atoms with van der Waals surface area (Å²) in [5, 5.41) is 16.8. The first-order chi connectivity index (χ1) is 11.6. The van der Waals surface area contributed by atoms with Crippen LogP contribution in [-0.4, -0.2) is 32.6 Å². The number of thiazole rings is 1. The first-order valence-electron chi connectivity index (χ1n) is 7.55. The molecule has 1 aromatic carbocycles. The second-order valence-electron chi connectivity index (χ2n) is 5.43. The minimum Gasteiger partial charge on any atom is -0.337 e. The number of anilines is 1. The van der Waals surface area contributed by atoms with Crippen LogP contribution in [-0.2, 0) is 0 Å². The van der Waals surface area contributed by atoms with Gasteiger partial charge in [0.05, 0.1) is 23.1 Å². The number of hydrogen-bond acceptors (Lipinski definition) is 5. The topological polar surface area (TPSA) is 84.7 Å². The van der Waals surface area contributed by atoms with Gasteiger partial charge in [-0.3, -0.25) is 0 Å². The molecule has 0 saturated heterocycles. The number of urea groups is 1. The van der Waals surface area contributed by atoms with E-state index in [1.807, 2.05) is 43.5 Å². The number of carbonyl (C=O) groups is 1. The van der Waals surface area contributed by atoms with Crippen LogP contribution in [0.1, 0.15) is 23.5 Å². The van der Waals surface area contributed by atoms with Crippen LogP contribution in [0.15, 0.2) is 42.0 Å². The van der Waals surface area contributed by atoms with Gasteiger partial charge in [0.2, 0.25) is 0 Å². The molecule has 8 heteroatoms. The molecule has 124 valence electrons. The third-order valence-corrected chi connectivity index (χ3v) is 4.60. The van der Waals surface area contributed by atoms with Gasteiger partial charge in [-0.25, -0.2) is 9.78 Å². The molecule has 3 rings (SSSR count). The van der Waals surface area contributed by atoms with Crippen LogP contribution in [0.25, 0.3) is 5.69 Å². The molecule has 1 atom stereocenters. The van der Waals surface area contributed by atoms with E-state index < -0.39 is 0 Å². The van der Waals surface area contributed by atoms with Crippen molar-refractivity contribution in [2.24, 2.45) is 0 Å². The highest BCUT2D eigenvalue weighted by Crippen LogP contribution is 2.19. The molecule has 2 aromatic heterocycles. The quantitative estimate of drug-likeness (QED) is 0.746. The lowest BCUT2D eigenvalue weighted by Gasteiger charge is -2.11. The van der Waals surface area contributed by atoms with Crippen molar-refractivity contribution < 1.29 is 4.79 Å². The molecular weight excluding hydrogens is 324 g/mol. The fourth-order valence-electron chi connectivity index (χ4n) is 2.13. The second kappa shape index (κ2) is 7.22. The van der Waals surface area contributed by atoms with Crippen molar-refractivity contribution in [2.45, 2.75) is 19.8 Å². The minimum absolute atomic E-state index is 0.183. The molecule has 24 heavy (non-hydrogen) atoms. The van der Waals surface area contributed by atoms with E-state index in [1.165, 1.54) is 4.80 Å². The fourth-order valence-corrected chi connectivity index (χ4v) is 2.99. The summed E-state index contributed by atoms with van der Waals surface area (Å²) in [6, 6.07) is 7.07. The number of rotatable bonds is 5. The van der Waals surface area contributed by atoms with E-state index >= 15 is 0 Å². The Hall–Kier alpha value is -2.74. The summed E-state index contributed by atoms with van der Waals surface area (Å²) in [6.07, 6.45) is 3.23. The van der Waals surface area contributed by atoms with Crippen LogP contribution in [0.4, 0.5) is 10.5 Å². The Balaban J connectivity index is 1.51. The van der Waals surface area contributed by atoms with Gasteiger partial charge in [0.1, 0.15) is 0 Å². The summed E-state index contributed by atoms with van der Waals surface area (Å²) in [7, 11) is 0. The van der Waals surface area contributed by atoms with E-state index in [-0.39, 0.29) is 11.9 Å². The molecule has 7 nitrogen and oxygen atoms in total. The van der Waals surface area contributed by atoms with Crippen molar-refractivity contribution in [3.8, 4) is 5.69 Å². The Kier molecular flexibility index (Phi) is 4.85. The van der Waals surface area contributed by atoms with Crippen LogP contribution < -0.4 is 10.6 Å². The molecule has 3 aromatic rings. The Morgan fingerprint density at radius 1 is 1.25 bits per heavy atom. The first kappa shape index (κ1) is 16.1. The molecule has 2 heterocycles. The molecule has 0 unspecified atom stereocenters. The Labute approximate surface area is 143 Å². The molecule has 0 radical (unpaired) electrons. The van der Waals surface area contributed by atoms with Gasteiger partial charge in [-0.15, -0.1) is 11.3 Å². The van der Waals surface area contributed by atoms with Crippen molar-refractivity contribution in [2.75, 3.05) is 11.9 Å². The van der Waals surface area contributed by atoms with E-state index in [9.17, 15) is 4.79 Å². The van der Waals surface area contributed by atoms with Crippen molar-refractivity contribution in [1.82, 2.24) is 25.3 Å². The highest BCUT2D eigenvalue weighted by molar-refractivity contribution is 7.09. The summed E-state index contributed by atoms with van der Waals surface area (Å²) >= 11 is 1.62. The zero-order valence-electron chi connectivity index (χ0n) is 13.4. The highest BCUT2D eigenvalue weighted by Gasteiger charge is 2.11. The van der Waals surface area contributed by atoms with E-state index in [2.05, 4.69) is 25.8 Å². The third-order valence-electron chi connectivity index (χ3n) is 3.40. The predicted octanol–water partition coefficient (Wildman–Crippen LogP) is 2.96. The van der Waals surface area contributed by atoms with Crippen molar-refractivity contribution in [3.05, 3.63) is 52.7 Å². The average molecular weight is 342 g/mol. The van der Waals surface area contributed by atoms with Crippen molar-refractivity contribution in [1.29, 1.82) is 0 Å². The summed E-state index contributed by atoms with van der Waals surface area (Å²) in [4.78, 5) is 18.0. The monoisotopic (exact) mass is 342 g/mol. The van der Waals surface area contributed by atoms with Crippen molar-refractivity contribution >= 4 is 23.1 Å². The van der Waals surface area contributed by atoms with Crippen molar-refractivity contribution in [3.63, 3.8) is 0 Å². The van der Waals surface area contributed by atoms with Gasteiger partial charge in [0.25, 0.3) is 0 Å². The van der Waals surface area contributed by atoms with Gasteiger partial charge in [0, 0.05) is 29.2 Å². The number of aryl methyl sites for hydroxylation is 1. The van der Waals surface area contributed by atoms with Crippen LogP contribution in [0.2, 0.25) is 0 Å². The molecule has 2 amide bonds. The van der Waals surface area contributed by atoms with Gasteiger partial charge >= 0.3 is 6.03 Å². The van der Waals surface area contributed by atoms with Gasteiger partial charge in [-0.2, -0.15) is 15.0 Å². The fraction of sp³-hybridized carbons (Fsp3) is 0.250. The highest BCUT2D eigenvalue weighted by atomic mass is 32.1. The van der Waals surface area contributed by atoms with Crippen LogP contribution in [0.3, 0.4) is 0 Å². The van der Waals surface area contributed by atoms with Gasteiger partial charge < -0.3 is 10.6 Å². The molecule has 0 bridgehead atoms. The second-order valence-corrected chi connectivity index (χ2v) is 6.32. The standard InChI is InChI=1S/C16H18N6OS/c1-11(15-20-12(2)10-24-15)9-17-16(23)21-13-3-5-14(6-4-13)22-18-7-8-19-22/h3-8,10-11H,9H2,1-2H3,(H2,17,21,23)/t11-/m1/s1. The lowest BCUT2D eigenvalue weighted by Crippen LogP contribution is -2.31. The number of aromatic nitrogens is 4. The molecule has 0 fully saturated rings. The molecule has 0 aliphatic rings. The number of nitrogens with zero attached hydrogens (tertiary/aromatic N) is 4. The molecule has 0 aliphatic carbocycles. The van der Waals surface area contributed by atoms with Gasteiger partial charge in [-0.1, -0.05) is 6.92 Å². The lowest BCUT2D eigenvalue weighted by atomic mass is 10.2. The molecule has 2 N–H and O–H groups in total. The number of amides is 2. The molecule has 0 saturated carbocycles. The number of carbonyl (C=O) groups excluding carboxylic acids is 1. The third kappa shape index (κ3) is 3.96. The maximum atomic E-state index is 12.0. The maximum absolute atomic E-state index is 12.0. The number of nitrogens with one attached hydrogen (secondary N) is 2. The van der Waals surface area contributed by atoms with Crippen LogP contribution in [0, 0.1) is 6.92 Å². The van der Waals surface area contributed by atoms with Gasteiger partial charge in [0.15, 0.2) is 0 Å². The zero-order chi connectivity index (χ0) is 16.9. The normalized spacial score (nSPS) is 11.9. The molecule has 0 aliphatic heterocycles. The number of benzene rings is 1. The predicted molar refractivity (Wildman–Crippen MR) is 93.6 cm³/mol. The largest absolute Gasteiger partial charge is 0.337 e. The smallest absolute Gasteiger partial charge is 0.319 e. The summed E-state index contributed by atoms with van der Waals surface area (Å²) in [6.45, 7) is 4.55. The average Bonchev–Trinajstić information content (AvgIpc) is 3.25. The minimum atomic E-state index is -0.236. The van der Waals surface area contributed by atoms with E-state index in [1.54, 1.807) is 23.7 Å². The maximum Gasteiger partial charge on any atom is 0.319 e. The van der Waals surface area contributed by atoms with E-state index in [4.69, 9.17) is 0 Å². The SMILES string of the molecule is Cc1csc([C@H](C)CNC(=O)Nc2ccc(-n3nccn3)cc2)n1. The van der Waals surface area contributed by atoms with Gasteiger partial charge in [-0.05, 0) is 31.2 Å². The molecule has 0 spiro atoms. The van der Waals surface area contributed by atoms with Crippen LogP contribution in [0.5, 0.6) is 0 Å². The Bertz CT molecular complexity index is 796.